The SMILES string of the molecule is COc1ccc(-n2c(=O)c(C(=O)Nc3ccc(Oc4ccnc5cc(OCCCN6CCOCC6)c(OC)cc45)c(F)c3)cc3cccnc32)cc1. The second-order valence-corrected chi connectivity index (χ2v) is 12.0. The first-order chi connectivity index (χ1) is 25.4. The van der Waals surface area contributed by atoms with Crippen LogP contribution in [0, 0.1) is 5.82 Å². The van der Waals surface area contributed by atoms with Gasteiger partial charge in [0.05, 0.1) is 45.2 Å². The number of fused-ring (bicyclic) bond motifs is 2. The van der Waals surface area contributed by atoms with E-state index in [1.165, 1.54) is 22.8 Å². The van der Waals surface area contributed by atoms with Gasteiger partial charge in [-0.15, -0.1) is 0 Å². The van der Waals surface area contributed by atoms with Crippen molar-refractivity contribution in [3.05, 3.63) is 113 Å². The Kier molecular flexibility index (Phi) is 10.2. The van der Waals surface area contributed by atoms with Crippen molar-refractivity contribution in [3.8, 4) is 34.4 Å². The molecule has 12 nitrogen and oxygen atoms in total. The molecule has 13 heteroatoms. The number of hydrogen-bond acceptors (Lipinski definition) is 10. The average molecular weight is 706 g/mol. The number of benzene rings is 3. The van der Waals surface area contributed by atoms with Crippen molar-refractivity contribution < 1.29 is 32.9 Å². The number of morpholine rings is 1. The van der Waals surface area contributed by atoms with Crippen molar-refractivity contribution in [2.24, 2.45) is 0 Å². The quantitative estimate of drug-likeness (QED) is 0.146. The number of amides is 1. The minimum atomic E-state index is -0.728. The van der Waals surface area contributed by atoms with Gasteiger partial charge in [0.25, 0.3) is 11.5 Å². The maximum Gasteiger partial charge on any atom is 0.269 e. The van der Waals surface area contributed by atoms with Gasteiger partial charge in [0.1, 0.15) is 22.7 Å². The van der Waals surface area contributed by atoms with E-state index in [4.69, 9.17) is 23.7 Å². The lowest BCUT2D eigenvalue weighted by Crippen LogP contribution is -2.37. The van der Waals surface area contributed by atoms with Gasteiger partial charge in [-0.05, 0) is 73.2 Å². The van der Waals surface area contributed by atoms with E-state index in [0.29, 0.717) is 57.2 Å². The summed E-state index contributed by atoms with van der Waals surface area (Å²) in [7, 11) is 3.10. The van der Waals surface area contributed by atoms with E-state index in [9.17, 15) is 9.59 Å². The van der Waals surface area contributed by atoms with Crippen LogP contribution < -0.4 is 29.8 Å². The van der Waals surface area contributed by atoms with Crippen LogP contribution in [0.3, 0.4) is 0 Å². The summed E-state index contributed by atoms with van der Waals surface area (Å²) < 4.78 is 45.2. The molecule has 0 bridgehead atoms. The topological polar surface area (TPSA) is 126 Å². The largest absolute Gasteiger partial charge is 0.497 e. The van der Waals surface area contributed by atoms with Crippen LogP contribution in [0.5, 0.6) is 28.7 Å². The lowest BCUT2D eigenvalue weighted by molar-refractivity contribution is 0.0357. The molecule has 3 aromatic carbocycles. The molecule has 1 N–H and O–H groups in total. The number of carbonyl (C=O) groups is 1. The average Bonchev–Trinajstić information content (AvgIpc) is 3.17. The minimum Gasteiger partial charge on any atom is -0.497 e. The van der Waals surface area contributed by atoms with Crippen molar-refractivity contribution in [1.82, 2.24) is 19.4 Å². The highest BCUT2D eigenvalue weighted by atomic mass is 19.1. The number of nitrogens with zero attached hydrogens (tertiary/aromatic N) is 4. The number of halogens is 1. The number of rotatable bonds is 12. The Balaban J connectivity index is 1.08. The van der Waals surface area contributed by atoms with Crippen LogP contribution in [-0.4, -0.2) is 79.0 Å². The van der Waals surface area contributed by atoms with E-state index < -0.39 is 17.3 Å². The Morgan fingerprint density at radius 1 is 0.885 bits per heavy atom. The molecule has 0 saturated carbocycles. The van der Waals surface area contributed by atoms with Crippen molar-refractivity contribution in [2.75, 3.05) is 59.0 Å². The van der Waals surface area contributed by atoms with Gasteiger partial charge in [-0.3, -0.25) is 24.0 Å². The van der Waals surface area contributed by atoms with Crippen molar-refractivity contribution >= 4 is 33.5 Å². The van der Waals surface area contributed by atoms with Crippen LogP contribution in [0.4, 0.5) is 10.1 Å². The molecule has 1 saturated heterocycles. The number of pyridine rings is 3. The molecular weight excluding hydrogens is 669 g/mol. The lowest BCUT2D eigenvalue weighted by atomic mass is 10.1. The number of ether oxygens (including phenoxy) is 5. The predicted molar refractivity (Wildman–Crippen MR) is 194 cm³/mol. The maximum atomic E-state index is 15.5. The normalized spacial score (nSPS) is 13.2. The molecule has 0 atom stereocenters. The molecule has 266 valence electrons. The van der Waals surface area contributed by atoms with E-state index in [0.717, 1.165) is 45.3 Å². The molecular formula is C39H36FN5O7. The van der Waals surface area contributed by atoms with E-state index in [2.05, 4.69) is 20.2 Å². The molecule has 3 aromatic heterocycles. The highest BCUT2D eigenvalue weighted by Crippen LogP contribution is 2.38. The summed E-state index contributed by atoms with van der Waals surface area (Å²) in [6, 6.07) is 20.9. The van der Waals surface area contributed by atoms with Crippen LogP contribution >= 0.6 is 0 Å². The van der Waals surface area contributed by atoms with Crippen LogP contribution in [0.1, 0.15) is 16.8 Å². The summed E-state index contributed by atoms with van der Waals surface area (Å²) in [5.74, 6) is 0.482. The first kappa shape index (κ1) is 34.4. The number of methoxy groups -OCH3 is 2. The fraction of sp³-hybridized carbons (Fsp3) is 0.231. The number of anilines is 1. The molecule has 1 amide bonds. The minimum absolute atomic E-state index is 0.0773. The highest BCUT2D eigenvalue weighted by Gasteiger charge is 2.20. The third-order valence-electron chi connectivity index (χ3n) is 8.71. The van der Waals surface area contributed by atoms with Crippen molar-refractivity contribution in [1.29, 1.82) is 0 Å². The number of carbonyl (C=O) groups excluding carboxylic acids is 1. The summed E-state index contributed by atoms with van der Waals surface area (Å²) in [6.45, 7) is 4.75. The summed E-state index contributed by atoms with van der Waals surface area (Å²) in [5, 5.41) is 3.81. The molecule has 6 aromatic rings. The zero-order valence-corrected chi connectivity index (χ0v) is 28.6. The molecule has 4 heterocycles. The van der Waals surface area contributed by atoms with Gasteiger partial charge in [0.2, 0.25) is 0 Å². The standard InChI is InChI=1S/C39H36FN5O7/c1-48-28-9-7-27(8-10-28)45-37-25(5-3-13-42-37)21-30(39(45)47)38(46)43-26-6-11-34(31(40)22-26)52-33-12-14-41-32-24-36(35(49-2)23-29(32)33)51-18-4-15-44-16-19-50-20-17-44/h3,5-14,21-24H,4,15-20H2,1-2H3,(H,43,46). The summed E-state index contributed by atoms with van der Waals surface area (Å²) in [5.41, 5.74) is 0.864. The van der Waals surface area contributed by atoms with Gasteiger partial charge in [-0.2, -0.15) is 0 Å². The van der Waals surface area contributed by atoms with E-state index in [-0.39, 0.29) is 17.0 Å². The molecule has 1 aliphatic rings. The summed E-state index contributed by atoms with van der Waals surface area (Å²) in [6.07, 6.45) is 3.98. The molecule has 0 spiro atoms. The van der Waals surface area contributed by atoms with Crippen LogP contribution in [0.15, 0.2) is 96.1 Å². The first-order valence-corrected chi connectivity index (χ1v) is 16.8. The molecule has 0 radical (unpaired) electrons. The second kappa shape index (κ2) is 15.5. The molecule has 0 unspecified atom stereocenters. The smallest absolute Gasteiger partial charge is 0.269 e. The Morgan fingerprint density at radius 3 is 2.48 bits per heavy atom. The molecule has 7 rings (SSSR count). The fourth-order valence-electron chi connectivity index (χ4n) is 6.04. The monoisotopic (exact) mass is 705 g/mol. The lowest BCUT2D eigenvalue weighted by Gasteiger charge is -2.26. The first-order valence-electron chi connectivity index (χ1n) is 16.8. The van der Waals surface area contributed by atoms with E-state index in [1.807, 2.05) is 0 Å². The number of hydrogen-bond donors (Lipinski definition) is 1. The third-order valence-corrected chi connectivity index (χ3v) is 8.71. The summed E-state index contributed by atoms with van der Waals surface area (Å²) >= 11 is 0. The van der Waals surface area contributed by atoms with Gasteiger partial charge in [0, 0.05) is 60.6 Å². The molecule has 0 aliphatic carbocycles. The Morgan fingerprint density at radius 2 is 1.71 bits per heavy atom. The number of nitrogens with one attached hydrogen (secondary N) is 1. The van der Waals surface area contributed by atoms with Gasteiger partial charge in [-0.25, -0.2) is 9.37 Å². The Labute approximate surface area is 298 Å². The van der Waals surface area contributed by atoms with Crippen molar-refractivity contribution in [3.63, 3.8) is 0 Å². The van der Waals surface area contributed by atoms with Crippen LogP contribution in [0.2, 0.25) is 0 Å². The third kappa shape index (κ3) is 7.36. The van der Waals surface area contributed by atoms with Gasteiger partial charge < -0.3 is 29.0 Å². The van der Waals surface area contributed by atoms with Gasteiger partial charge in [0.15, 0.2) is 23.1 Å². The highest BCUT2D eigenvalue weighted by molar-refractivity contribution is 6.05. The van der Waals surface area contributed by atoms with Crippen LogP contribution in [-0.2, 0) is 4.74 Å². The van der Waals surface area contributed by atoms with Gasteiger partial charge in [-0.1, -0.05) is 0 Å². The summed E-state index contributed by atoms with van der Waals surface area (Å²) in [4.78, 5) is 38.4. The van der Waals surface area contributed by atoms with E-state index >= 15 is 4.39 Å². The van der Waals surface area contributed by atoms with Crippen LogP contribution in [0.25, 0.3) is 27.6 Å². The van der Waals surface area contributed by atoms with E-state index in [1.54, 1.807) is 81.2 Å². The van der Waals surface area contributed by atoms with Crippen molar-refractivity contribution in [2.45, 2.75) is 6.42 Å². The second-order valence-electron chi connectivity index (χ2n) is 12.0. The molecule has 1 aliphatic heterocycles. The molecule has 52 heavy (non-hydrogen) atoms. The molecule has 1 fully saturated rings. The van der Waals surface area contributed by atoms with Gasteiger partial charge >= 0.3 is 0 Å². The maximum absolute atomic E-state index is 15.5. The fourth-order valence-corrected chi connectivity index (χ4v) is 6.04. The zero-order chi connectivity index (χ0) is 36.0. The Bertz CT molecular complexity index is 2290. The Hall–Kier alpha value is -6.05. The number of aromatic nitrogens is 3. The zero-order valence-electron chi connectivity index (χ0n) is 28.6. The predicted octanol–water partition coefficient (Wildman–Crippen LogP) is 6.24.